The Labute approximate surface area is 276 Å². The zero-order chi connectivity index (χ0) is 27.8. The highest BCUT2D eigenvalue weighted by Gasteiger charge is 2.05. The fourth-order valence-corrected chi connectivity index (χ4v) is 3.03. The van der Waals surface area contributed by atoms with E-state index in [0.717, 1.165) is 28.0 Å². The molecule has 0 aromatic heterocycles. The average Bonchev–Trinajstić information content (AvgIpc) is 3.00. The Morgan fingerprint density at radius 3 is 1.09 bits per heavy atom. The first-order chi connectivity index (χ1) is 18.6. The van der Waals surface area contributed by atoms with Gasteiger partial charge in [0, 0.05) is 11.1 Å². The molecule has 4 aromatic rings. The van der Waals surface area contributed by atoms with Gasteiger partial charge in [0.1, 0.15) is 6.54 Å². The predicted octanol–water partition coefficient (Wildman–Crippen LogP) is 10.0. The maximum absolute atomic E-state index is 8.65. The summed E-state index contributed by atoms with van der Waals surface area (Å²) in [6.07, 6.45) is 0. The first-order valence-electron chi connectivity index (χ1n) is 11.5. The molecule has 0 radical (unpaired) electrons. The third-order valence-electron chi connectivity index (χ3n) is 4.62. The number of hydrogen-bond acceptors (Lipinski definition) is 5. The monoisotopic (exact) mass is 641 g/mol. The van der Waals surface area contributed by atoms with Crippen LogP contribution in [0.3, 0.4) is 0 Å². The van der Waals surface area contributed by atoms with E-state index in [2.05, 4.69) is 16.8 Å². The second kappa shape index (κ2) is 32.5. The van der Waals surface area contributed by atoms with Crippen LogP contribution >= 0.6 is 35.6 Å². The Hall–Kier alpha value is -3.97. The van der Waals surface area contributed by atoms with Crippen molar-refractivity contribution in [3.05, 3.63) is 144 Å². The van der Waals surface area contributed by atoms with Crippen molar-refractivity contribution in [2.75, 3.05) is 18.4 Å². The van der Waals surface area contributed by atoms with Crippen molar-refractivity contribution in [3.8, 4) is 12.1 Å². The van der Waals surface area contributed by atoms with E-state index in [-0.39, 0.29) is 60.5 Å². The molecule has 3 N–H and O–H groups in total. The second-order valence-electron chi connectivity index (χ2n) is 7.13. The first kappa shape index (κ1) is 48.7. The number of alkyl halides is 2. The SMILES string of the molecule is C.C.C.C.Cl.ClCCl.N#CCN.N#CCN=C(c1ccccc1)c1ccccc1.N=C(c1ccccc1)c1ccccc1. The van der Waals surface area contributed by atoms with Crippen LogP contribution in [0.2, 0.25) is 0 Å². The highest BCUT2D eigenvalue weighted by molar-refractivity contribution is 6.40. The van der Waals surface area contributed by atoms with E-state index >= 15 is 0 Å². The first-order valence-corrected chi connectivity index (χ1v) is 12.6. The van der Waals surface area contributed by atoms with Crippen LogP contribution < -0.4 is 5.73 Å². The molecule has 0 atom stereocenters. The molecule has 0 aliphatic heterocycles. The Balaban J connectivity index is -0.000000169. The van der Waals surface area contributed by atoms with E-state index in [0.29, 0.717) is 5.71 Å². The topological polar surface area (TPSA) is 110 Å². The van der Waals surface area contributed by atoms with E-state index in [1.54, 1.807) is 6.07 Å². The predicted molar refractivity (Wildman–Crippen MR) is 193 cm³/mol. The summed E-state index contributed by atoms with van der Waals surface area (Å²) in [7, 11) is 0. The van der Waals surface area contributed by atoms with Crippen molar-refractivity contribution in [3.63, 3.8) is 0 Å². The smallest absolute Gasteiger partial charge is 0.126 e. The number of nitriles is 2. The molecule has 0 fully saturated rings. The lowest BCUT2D eigenvalue weighted by Gasteiger charge is -2.06. The zero-order valence-electron chi connectivity index (χ0n) is 21.3. The molecule has 232 valence electrons. The van der Waals surface area contributed by atoms with Gasteiger partial charge in [0.05, 0.1) is 35.4 Å². The summed E-state index contributed by atoms with van der Waals surface area (Å²) in [4.78, 5) is 4.34. The Bertz CT molecular complexity index is 1200. The van der Waals surface area contributed by atoms with Crippen LogP contribution in [0.4, 0.5) is 0 Å². The van der Waals surface area contributed by atoms with Crippen molar-refractivity contribution in [1.29, 1.82) is 15.9 Å². The second-order valence-corrected chi connectivity index (χ2v) is 7.93. The van der Waals surface area contributed by atoms with Crippen molar-refractivity contribution in [2.24, 2.45) is 10.7 Å². The van der Waals surface area contributed by atoms with Gasteiger partial charge in [-0.1, -0.05) is 151 Å². The van der Waals surface area contributed by atoms with Gasteiger partial charge in [-0.05, 0) is 11.1 Å². The summed E-state index contributed by atoms with van der Waals surface area (Å²) >= 11 is 9.53. The number of rotatable bonds is 5. The Morgan fingerprint density at radius 2 is 0.860 bits per heavy atom. The minimum Gasteiger partial charge on any atom is -0.318 e. The van der Waals surface area contributed by atoms with Gasteiger partial charge in [0.2, 0.25) is 0 Å². The summed E-state index contributed by atoms with van der Waals surface area (Å²) in [6, 6.07) is 43.1. The van der Waals surface area contributed by atoms with Gasteiger partial charge in [-0.3, -0.25) is 10.4 Å². The molecule has 0 bridgehead atoms. The third kappa shape index (κ3) is 20.5. The molecule has 0 unspecified atom stereocenters. The number of nitrogens with two attached hydrogens (primary N) is 1. The minimum atomic E-state index is 0. The van der Waals surface area contributed by atoms with Crippen molar-refractivity contribution in [1.82, 2.24) is 0 Å². The molecular formula is C35H46Cl3N5. The summed E-state index contributed by atoms with van der Waals surface area (Å²) < 4.78 is 0. The quantitative estimate of drug-likeness (QED) is 0.128. The average molecular weight is 643 g/mol. The largest absolute Gasteiger partial charge is 0.318 e. The molecular weight excluding hydrogens is 597 g/mol. The minimum absolute atomic E-state index is 0. The Kier molecular flexibility index (Phi) is 36.9. The maximum atomic E-state index is 8.65. The lowest BCUT2D eigenvalue weighted by molar-refractivity contribution is 1.23. The standard InChI is InChI=1S/C15H12N2.C13H11N.C2H4N2.CH2Cl2.4CH4.ClH/c16-11-12-17-15(13-7-3-1-4-8-13)14-9-5-2-6-10-14;14-13(11-7-3-1-4-8-11)12-9-5-2-6-10-12;3-1-2-4;2-1-3;;;;;/h1-10H,12H2;1-10,14H;1,3H2;1H2;4*1H4;1H. The molecule has 0 amide bonds. The van der Waals surface area contributed by atoms with E-state index in [4.69, 9.17) is 39.1 Å². The summed E-state index contributed by atoms with van der Waals surface area (Å²) in [6.45, 7) is 0.305. The fourth-order valence-electron chi connectivity index (χ4n) is 3.03. The zero-order valence-corrected chi connectivity index (χ0v) is 23.6. The molecule has 4 aromatic carbocycles. The number of benzene rings is 4. The molecule has 8 heteroatoms. The molecule has 0 saturated carbocycles. The number of nitrogens with one attached hydrogen (secondary N) is 1. The third-order valence-corrected chi connectivity index (χ3v) is 4.62. The number of hydrogen-bond donors (Lipinski definition) is 2. The van der Waals surface area contributed by atoms with Crippen LogP contribution in [-0.4, -0.2) is 29.9 Å². The molecule has 0 spiro atoms. The number of nitrogens with zero attached hydrogens (tertiary/aromatic N) is 3. The summed E-state index contributed by atoms with van der Waals surface area (Å²) in [5.74, 6) is 0. The van der Waals surface area contributed by atoms with Gasteiger partial charge in [0.25, 0.3) is 0 Å². The highest BCUT2D eigenvalue weighted by atomic mass is 35.5. The molecule has 0 aliphatic carbocycles. The number of aliphatic imine (C=N–C) groups is 1. The van der Waals surface area contributed by atoms with Crippen LogP contribution in [0.1, 0.15) is 52.0 Å². The lowest BCUT2D eigenvalue weighted by Crippen LogP contribution is -2.03. The van der Waals surface area contributed by atoms with Gasteiger partial charge in [-0.25, -0.2) is 0 Å². The highest BCUT2D eigenvalue weighted by Crippen LogP contribution is 2.11. The van der Waals surface area contributed by atoms with Crippen molar-refractivity contribution >= 4 is 47.0 Å². The van der Waals surface area contributed by atoms with Crippen LogP contribution in [0, 0.1) is 28.1 Å². The number of halogens is 3. The van der Waals surface area contributed by atoms with Crippen molar-refractivity contribution in [2.45, 2.75) is 29.7 Å². The van der Waals surface area contributed by atoms with Gasteiger partial charge >= 0.3 is 0 Å². The lowest BCUT2D eigenvalue weighted by atomic mass is 10.0. The van der Waals surface area contributed by atoms with E-state index in [1.807, 2.05) is 121 Å². The molecule has 0 heterocycles. The van der Waals surface area contributed by atoms with Crippen LogP contribution in [0.25, 0.3) is 0 Å². The van der Waals surface area contributed by atoms with Gasteiger partial charge in [-0.15, -0.1) is 35.6 Å². The van der Waals surface area contributed by atoms with E-state index in [1.165, 1.54) is 0 Å². The van der Waals surface area contributed by atoms with Crippen LogP contribution in [0.15, 0.2) is 126 Å². The Morgan fingerprint density at radius 1 is 0.605 bits per heavy atom. The fraction of sp³-hybridized carbons (Fsp3) is 0.200. The molecule has 5 nitrogen and oxygen atoms in total. The van der Waals surface area contributed by atoms with E-state index in [9.17, 15) is 0 Å². The van der Waals surface area contributed by atoms with E-state index < -0.39 is 0 Å². The summed E-state index contributed by atoms with van der Waals surface area (Å²) in [5, 5.41) is 24.3. The molecule has 4 rings (SSSR count). The molecule has 0 saturated heterocycles. The van der Waals surface area contributed by atoms with Crippen LogP contribution in [-0.2, 0) is 0 Å². The van der Waals surface area contributed by atoms with Crippen LogP contribution in [0.5, 0.6) is 0 Å². The van der Waals surface area contributed by atoms with Crippen molar-refractivity contribution < 1.29 is 0 Å². The normalized spacial score (nSPS) is 7.74. The van der Waals surface area contributed by atoms with Gasteiger partial charge < -0.3 is 5.73 Å². The molecule has 0 aliphatic rings. The van der Waals surface area contributed by atoms with Gasteiger partial charge in [-0.2, -0.15) is 10.5 Å². The summed E-state index contributed by atoms with van der Waals surface area (Å²) in [5.41, 5.74) is 10.1. The molecule has 43 heavy (non-hydrogen) atoms. The maximum Gasteiger partial charge on any atom is 0.126 e. The van der Waals surface area contributed by atoms with Gasteiger partial charge in [0.15, 0.2) is 0 Å².